The SMILES string of the molecule is C=CCO[C@@]12Oc3ccc(Oc4cccc(C=O)c4)cc3[C@H]3[C@H](CCCCO)[C@@H](CCCCO)C=C(C(=NOC4CCCCO4)C[C@@H]1N(C)C(=O)OC)[C@H]32. The van der Waals surface area contributed by atoms with Crippen LogP contribution in [0.1, 0.15) is 86.0 Å². The number of aliphatic hydroxyl groups is 2. The molecule has 2 N–H and O–H groups in total. The Morgan fingerprint density at radius 2 is 1.87 bits per heavy atom. The number of aldehydes is 1. The van der Waals surface area contributed by atoms with E-state index in [0.29, 0.717) is 48.0 Å². The average Bonchev–Trinajstić information content (AvgIpc) is 3.20. The third-order valence-electron chi connectivity index (χ3n) is 11.2. The number of benzene rings is 2. The van der Waals surface area contributed by atoms with E-state index >= 15 is 0 Å². The molecule has 7 atom stereocenters. The average molecular weight is 747 g/mol. The lowest BCUT2D eigenvalue weighted by atomic mass is 9.55. The third-order valence-corrected chi connectivity index (χ3v) is 11.2. The van der Waals surface area contributed by atoms with Crippen LogP contribution in [0.25, 0.3) is 0 Å². The molecule has 54 heavy (non-hydrogen) atoms. The van der Waals surface area contributed by atoms with Gasteiger partial charge in [-0.3, -0.25) is 4.79 Å². The Morgan fingerprint density at radius 1 is 1.07 bits per heavy atom. The van der Waals surface area contributed by atoms with E-state index in [1.807, 2.05) is 18.2 Å². The van der Waals surface area contributed by atoms with Crippen LogP contribution in [0.15, 0.2) is 71.9 Å². The molecule has 4 aliphatic rings. The number of carbonyl (C=O) groups is 2. The molecule has 2 aliphatic carbocycles. The topological polar surface area (TPSA) is 146 Å². The first-order chi connectivity index (χ1) is 26.4. The van der Waals surface area contributed by atoms with Gasteiger partial charge < -0.3 is 43.6 Å². The van der Waals surface area contributed by atoms with E-state index in [1.54, 1.807) is 37.4 Å². The van der Waals surface area contributed by atoms with E-state index in [2.05, 4.69) is 12.7 Å². The summed E-state index contributed by atoms with van der Waals surface area (Å²) in [6, 6.07) is 12.0. The lowest BCUT2D eigenvalue weighted by Crippen LogP contribution is -2.69. The van der Waals surface area contributed by atoms with Crippen LogP contribution in [0.4, 0.5) is 4.79 Å². The Morgan fingerprint density at radius 3 is 2.59 bits per heavy atom. The molecule has 1 amide bonds. The van der Waals surface area contributed by atoms with Gasteiger partial charge in [-0.2, -0.15) is 0 Å². The van der Waals surface area contributed by atoms with Gasteiger partial charge in [0.1, 0.15) is 29.6 Å². The first-order valence-electron chi connectivity index (χ1n) is 19.3. The van der Waals surface area contributed by atoms with Gasteiger partial charge in [0.2, 0.25) is 12.1 Å². The molecule has 12 heteroatoms. The van der Waals surface area contributed by atoms with Crippen LogP contribution in [0.2, 0.25) is 0 Å². The molecule has 2 aromatic rings. The zero-order valence-electron chi connectivity index (χ0n) is 31.4. The van der Waals surface area contributed by atoms with Crippen molar-refractivity contribution in [2.75, 3.05) is 40.6 Å². The van der Waals surface area contributed by atoms with Crippen molar-refractivity contribution in [3.8, 4) is 17.2 Å². The van der Waals surface area contributed by atoms with Crippen LogP contribution in [-0.2, 0) is 19.0 Å². The molecule has 0 spiro atoms. The fraction of sp³-hybridized carbons (Fsp3) is 0.548. The van der Waals surface area contributed by atoms with Crippen LogP contribution >= 0.6 is 0 Å². The summed E-state index contributed by atoms with van der Waals surface area (Å²) in [7, 11) is 3.04. The Hall–Kier alpha value is -4.23. The van der Waals surface area contributed by atoms with Crippen molar-refractivity contribution >= 4 is 18.1 Å². The molecule has 2 heterocycles. The van der Waals surface area contributed by atoms with Gasteiger partial charge in [0, 0.05) is 50.1 Å². The number of allylic oxidation sites excluding steroid dienone is 1. The van der Waals surface area contributed by atoms with E-state index in [-0.39, 0.29) is 44.0 Å². The number of hydrogen-bond donors (Lipinski definition) is 2. The molecule has 2 aromatic carbocycles. The number of nitrogens with zero attached hydrogens (tertiary/aromatic N) is 2. The summed E-state index contributed by atoms with van der Waals surface area (Å²) in [5.41, 5.74) is 3.04. The van der Waals surface area contributed by atoms with Gasteiger partial charge in [-0.1, -0.05) is 42.3 Å². The van der Waals surface area contributed by atoms with Gasteiger partial charge in [0.25, 0.3) is 0 Å². The highest BCUT2D eigenvalue weighted by atomic mass is 16.8. The highest BCUT2D eigenvalue weighted by Gasteiger charge is 2.65. The first kappa shape index (κ1) is 39.5. The van der Waals surface area contributed by atoms with Crippen molar-refractivity contribution in [1.82, 2.24) is 4.90 Å². The predicted molar refractivity (Wildman–Crippen MR) is 202 cm³/mol. The summed E-state index contributed by atoms with van der Waals surface area (Å²) < 4.78 is 31.5. The van der Waals surface area contributed by atoms with Gasteiger partial charge in [0.15, 0.2) is 0 Å². The second-order valence-electron chi connectivity index (χ2n) is 14.5. The number of carbonyl (C=O) groups excluding carboxylic acids is 2. The molecular formula is C42H54N2O10. The maximum Gasteiger partial charge on any atom is 0.409 e. The number of methoxy groups -OCH3 is 1. The minimum atomic E-state index is -1.38. The molecule has 0 aromatic heterocycles. The smallest absolute Gasteiger partial charge is 0.409 e. The standard InChI is InChI=1S/C42H54N2O10/c1-4-21-51-42-37(44(2)41(48)49-3)26-35(43-54-38-16-7-10-22-50-38)33-24-29(13-5-8-19-45)32(15-6-9-20-46)39(40(33)42)34-25-31(17-18-36(34)53-42)52-30-14-11-12-28(23-30)27-47/h4,11-12,14,17-18,23-25,27,29,32,37-40,45-46H,1,5-10,13,15-16,19-22,26H2,2-3H3/t29-,32+,37-,38?,39+,40+,42+/m0/s1. The minimum Gasteiger partial charge on any atom is -0.459 e. The zero-order valence-corrected chi connectivity index (χ0v) is 31.4. The van der Waals surface area contributed by atoms with Crippen molar-refractivity contribution in [2.45, 2.75) is 88.2 Å². The highest BCUT2D eigenvalue weighted by Crippen LogP contribution is 2.62. The second kappa shape index (κ2) is 18.4. The monoisotopic (exact) mass is 746 g/mol. The van der Waals surface area contributed by atoms with Crippen molar-refractivity contribution in [2.24, 2.45) is 22.9 Å². The largest absolute Gasteiger partial charge is 0.459 e. The minimum absolute atomic E-state index is 0.0537. The molecule has 292 valence electrons. The summed E-state index contributed by atoms with van der Waals surface area (Å²) in [6.45, 7) is 4.90. The fourth-order valence-electron chi connectivity index (χ4n) is 8.77. The van der Waals surface area contributed by atoms with E-state index < -0.39 is 30.1 Å². The maximum absolute atomic E-state index is 13.4. The molecule has 1 saturated heterocycles. The van der Waals surface area contributed by atoms with Crippen molar-refractivity contribution < 1.29 is 48.3 Å². The predicted octanol–water partition coefficient (Wildman–Crippen LogP) is 7.15. The summed E-state index contributed by atoms with van der Waals surface area (Å²) in [5, 5.41) is 24.4. The molecule has 2 fully saturated rings. The normalized spacial score (nSPS) is 27.8. The number of oxime groups is 1. The number of hydrogen-bond acceptors (Lipinski definition) is 11. The number of rotatable bonds is 17. The van der Waals surface area contributed by atoms with Crippen LogP contribution in [0, 0.1) is 17.8 Å². The highest BCUT2D eigenvalue weighted by molar-refractivity contribution is 6.03. The number of likely N-dealkylation sites (N-methyl/N-ethyl adjacent to an activating group) is 1. The van der Waals surface area contributed by atoms with Crippen molar-refractivity contribution in [3.05, 3.63) is 77.9 Å². The van der Waals surface area contributed by atoms with Gasteiger partial charge in [-0.15, -0.1) is 6.58 Å². The first-order valence-corrected chi connectivity index (χ1v) is 19.3. The Kier molecular flexibility index (Phi) is 13.4. The van der Waals surface area contributed by atoms with Gasteiger partial charge in [-0.25, -0.2) is 4.79 Å². The van der Waals surface area contributed by atoms with E-state index in [0.717, 1.165) is 62.4 Å². The molecule has 1 unspecified atom stereocenters. The van der Waals surface area contributed by atoms with E-state index in [4.69, 9.17) is 33.7 Å². The fourth-order valence-corrected chi connectivity index (χ4v) is 8.77. The molecule has 1 saturated carbocycles. The molecule has 6 rings (SSSR count). The van der Waals surface area contributed by atoms with Gasteiger partial charge >= 0.3 is 6.09 Å². The van der Waals surface area contributed by atoms with E-state index in [1.165, 1.54) is 12.0 Å². The van der Waals surface area contributed by atoms with E-state index in [9.17, 15) is 19.8 Å². The van der Waals surface area contributed by atoms with Crippen LogP contribution in [-0.4, -0.2) is 91.9 Å². The number of amides is 1. The number of aliphatic hydroxyl groups excluding tert-OH is 2. The lowest BCUT2D eigenvalue weighted by Gasteiger charge is -2.59. The molecule has 0 bridgehead atoms. The lowest BCUT2D eigenvalue weighted by molar-refractivity contribution is -0.253. The van der Waals surface area contributed by atoms with Crippen LogP contribution in [0.5, 0.6) is 17.2 Å². The maximum atomic E-state index is 13.4. The quantitative estimate of drug-likeness (QED) is 0.0741. The molecular weight excluding hydrogens is 692 g/mol. The van der Waals surface area contributed by atoms with Gasteiger partial charge in [-0.05, 0) is 86.3 Å². The number of fused-ring (bicyclic) bond motifs is 2. The third kappa shape index (κ3) is 8.36. The van der Waals surface area contributed by atoms with Crippen molar-refractivity contribution in [3.63, 3.8) is 0 Å². The zero-order chi connectivity index (χ0) is 38.1. The Bertz CT molecular complexity index is 1670. The summed E-state index contributed by atoms with van der Waals surface area (Å²) >= 11 is 0. The summed E-state index contributed by atoms with van der Waals surface area (Å²) in [5.74, 6) is -0.224. The Balaban J connectivity index is 1.55. The molecule has 2 aliphatic heterocycles. The molecule has 12 nitrogen and oxygen atoms in total. The number of ether oxygens (including phenoxy) is 5. The molecule has 0 radical (unpaired) electrons. The Labute approximate surface area is 317 Å². The second-order valence-corrected chi connectivity index (χ2v) is 14.5. The summed E-state index contributed by atoms with van der Waals surface area (Å²) in [4.78, 5) is 32.6. The van der Waals surface area contributed by atoms with Crippen molar-refractivity contribution in [1.29, 1.82) is 0 Å². The summed E-state index contributed by atoms with van der Waals surface area (Å²) in [6.07, 6.45) is 11.3. The number of unbranched alkanes of at least 4 members (excludes halogenated alkanes) is 2. The van der Waals surface area contributed by atoms with Crippen LogP contribution < -0.4 is 9.47 Å². The van der Waals surface area contributed by atoms with Gasteiger partial charge in [0.05, 0.1) is 32.0 Å². The van der Waals surface area contributed by atoms with Crippen LogP contribution in [0.3, 0.4) is 0 Å².